The van der Waals surface area contributed by atoms with E-state index in [0.717, 1.165) is 22.1 Å². The van der Waals surface area contributed by atoms with Gasteiger partial charge in [-0.25, -0.2) is 9.97 Å². The number of imidazole rings is 2. The number of halogens is 1. The molecule has 4 nitrogen and oxygen atoms in total. The average Bonchev–Trinajstić information content (AvgIpc) is 3.88. The Bertz CT molecular complexity index is 2450. The van der Waals surface area contributed by atoms with Crippen molar-refractivity contribution in [2.45, 2.75) is 38.5 Å². The predicted octanol–water partition coefficient (Wildman–Crippen LogP) is 11.5. The summed E-state index contributed by atoms with van der Waals surface area (Å²) >= 11 is 2.39. The first-order chi connectivity index (χ1) is 23.7. The summed E-state index contributed by atoms with van der Waals surface area (Å²) in [7, 11) is 0. The number of hydrogen-bond donors (Lipinski definition) is 1. The van der Waals surface area contributed by atoms with E-state index >= 15 is 0 Å². The summed E-state index contributed by atoms with van der Waals surface area (Å²) in [6.07, 6.45) is 3.62. The molecule has 240 valence electrons. The second-order valence-corrected chi connectivity index (χ2v) is 15.0. The monoisotopic (exact) mass is 748 g/mol. The Labute approximate surface area is 301 Å². The first-order valence-electron chi connectivity index (χ1n) is 16.7. The molecule has 49 heavy (non-hydrogen) atoms. The van der Waals surface area contributed by atoms with Crippen LogP contribution in [0.3, 0.4) is 0 Å². The molecule has 1 N–H and O–H groups in total. The van der Waals surface area contributed by atoms with Crippen molar-refractivity contribution in [2.24, 2.45) is 0 Å². The highest BCUT2D eigenvalue weighted by molar-refractivity contribution is 14.1. The molecular weight excluding hydrogens is 711 g/mol. The molecule has 0 aliphatic heterocycles. The molecular formula is C44H37IN4. The Morgan fingerprint density at radius 2 is 1.08 bits per heavy atom. The second-order valence-electron chi connectivity index (χ2n) is 13.8. The maximum atomic E-state index is 4.53. The maximum Gasteiger partial charge on any atom is 0.100 e. The molecule has 0 bridgehead atoms. The highest BCUT2D eigenvalue weighted by Crippen LogP contribution is 2.50. The third-order valence-electron chi connectivity index (χ3n) is 10.2. The van der Waals surface area contributed by atoms with Crippen molar-refractivity contribution in [1.29, 1.82) is 0 Å². The quantitative estimate of drug-likeness (QED) is 0.170. The van der Waals surface area contributed by atoms with Gasteiger partial charge in [-0.2, -0.15) is 0 Å². The maximum absolute atomic E-state index is 4.53. The number of aromatic nitrogens is 4. The van der Waals surface area contributed by atoms with Gasteiger partial charge in [-0.05, 0) is 116 Å². The van der Waals surface area contributed by atoms with Crippen molar-refractivity contribution in [3.05, 3.63) is 172 Å². The third-order valence-corrected chi connectivity index (χ3v) is 10.8. The molecule has 0 unspecified atom stereocenters. The third kappa shape index (κ3) is 5.37. The van der Waals surface area contributed by atoms with Crippen molar-refractivity contribution in [2.75, 3.05) is 0 Å². The van der Waals surface area contributed by atoms with Crippen LogP contribution in [0.5, 0.6) is 0 Å². The van der Waals surface area contributed by atoms with Crippen LogP contribution in [0.25, 0.3) is 50.0 Å². The zero-order chi connectivity index (χ0) is 33.8. The van der Waals surface area contributed by atoms with Gasteiger partial charge in [0.25, 0.3) is 0 Å². The topological polar surface area (TPSA) is 46.5 Å². The zero-order valence-electron chi connectivity index (χ0n) is 28.1. The van der Waals surface area contributed by atoms with Gasteiger partial charge in [-0.1, -0.05) is 113 Å². The Morgan fingerprint density at radius 1 is 0.531 bits per heavy atom. The lowest BCUT2D eigenvalue weighted by atomic mass is 9.82. The molecule has 10 rings (SSSR count). The summed E-state index contributed by atoms with van der Waals surface area (Å²) in [5, 5.41) is 0. The van der Waals surface area contributed by atoms with Gasteiger partial charge in [0.1, 0.15) is 6.33 Å². The highest BCUT2D eigenvalue weighted by Gasteiger charge is 2.36. The van der Waals surface area contributed by atoms with E-state index in [2.05, 4.69) is 173 Å². The highest BCUT2D eigenvalue weighted by atomic mass is 127. The molecule has 0 saturated carbocycles. The van der Waals surface area contributed by atoms with Crippen molar-refractivity contribution >= 4 is 44.7 Å². The molecule has 0 radical (unpaired) electrons. The zero-order valence-corrected chi connectivity index (χ0v) is 30.2. The molecule has 6 aromatic carbocycles. The molecule has 0 fully saturated rings. The molecule has 8 aromatic rings. The van der Waals surface area contributed by atoms with E-state index in [-0.39, 0.29) is 10.8 Å². The van der Waals surface area contributed by atoms with Crippen LogP contribution < -0.4 is 0 Å². The lowest BCUT2D eigenvalue weighted by Crippen LogP contribution is -2.15. The van der Waals surface area contributed by atoms with Gasteiger partial charge in [-0.15, -0.1) is 0 Å². The fourth-order valence-electron chi connectivity index (χ4n) is 7.56. The number of rotatable bonds is 1. The first-order valence-corrected chi connectivity index (χ1v) is 17.8. The van der Waals surface area contributed by atoms with E-state index in [1.54, 1.807) is 6.33 Å². The second kappa shape index (κ2) is 12.1. The number of aromatic amines is 1. The van der Waals surface area contributed by atoms with Gasteiger partial charge in [0.15, 0.2) is 0 Å². The van der Waals surface area contributed by atoms with Crippen LogP contribution in [-0.4, -0.2) is 19.5 Å². The van der Waals surface area contributed by atoms with Crippen LogP contribution in [0, 0.1) is 3.57 Å². The normalized spacial score (nSPS) is 14.1. The van der Waals surface area contributed by atoms with E-state index < -0.39 is 0 Å². The van der Waals surface area contributed by atoms with Gasteiger partial charge >= 0.3 is 0 Å². The predicted molar refractivity (Wildman–Crippen MR) is 211 cm³/mol. The van der Waals surface area contributed by atoms with E-state index in [9.17, 15) is 0 Å². The molecule has 0 atom stereocenters. The van der Waals surface area contributed by atoms with Crippen LogP contribution in [0.2, 0.25) is 0 Å². The molecule has 5 heteroatoms. The standard InChI is InChI=1S/C22H18N2.C15H13I.C7H6N2/c1-22(2)18-8-4-3-7-16(18)17-12-11-15(13-19(17)22)24-14-23-20-9-5-6-10-21(20)24;1-15(2)13-6-4-3-5-11(13)12-8-7-10(16)9-14(12)15;1-2-4-7-6(3-1)8-5-9-7/h3-14H,1-2H3;3-9H,1-2H3;1-5H,(H,8,9). The van der Waals surface area contributed by atoms with Gasteiger partial charge in [0, 0.05) is 20.1 Å². The first kappa shape index (κ1) is 31.3. The summed E-state index contributed by atoms with van der Waals surface area (Å²) in [6.45, 7) is 9.25. The summed E-state index contributed by atoms with van der Waals surface area (Å²) in [4.78, 5) is 11.6. The molecule has 0 saturated heterocycles. The number of nitrogens with zero attached hydrogens (tertiary/aromatic N) is 3. The van der Waals surface area contributed by atoms with Crippen LogP contribution in [0.1, 0.15) is 49.9 Å². The largest absolute Gasteiger partial charge is 0.345 e. The summed E-state index contributed by atoms with van der Waals surface area (Å²) < 4.78 is 3.49. The SMILES string of the molecule is CC1(C)c2ccccc2-c2ccc(-n3cnc4ccccc43)cc21.CC1(C)c2ccccc2-c2ccc(I)cc21.c1ccc2[nH]cnc2c1. The van der Waals surface area contributed by atoms with E-state index in [1.165, 1.54) is 53.8 Å². The van der Waals surface area contributed by atoms with Crippen molar-refractivity contribution in [3.8, 4) is 27.9 Å². The van der Waals surface area contributed by atoms with Crippen molar-refractivity contribution in [3.63, 3.8) is 0 Å². The van der Waals surface area contributed by atoms with Crippen LogP contribution >= 0.6 is 22.6 Å². The van der Waals surface area contributed by atoms with Gasteiger partial charge in [-0.3, -0.25) is 4.57 Å². The lowest BCUT2D eigenvalue weighted by Gasteiger charge is -2.22. The fraction of sp³-hybridized carbons (Fsp3) is 0.136. The molecule has 2 aromatic heterocycles. The van der Waals surface area contributed by atoms with Crippen molar-refractivity contribution < 1.29 is 0 Å². The van der Waals surface area contributed by atoms with Crippen LogP contribution in [-0.2, 0) is 10.8 Å². The molecule has 2 aliphatic carbocycles. The number of hydrogen-bond acceptors (Lipinski definition) is 2. The average molecular weight is 749 g/mol. The molecule has 2 heterocycles. The smallest absolute Gasteiger partial charge is 0.100 e. The van der Waals surface area contributed by atoms with Crippen LogP contribution in [0.15, 0.2) is 146 Å². The summed E-state index contributed by atoms with van der Waals surface area (Å²) in [5.74, 6) is 0. The Morgan fingerprint density at radius 3 is 1.78 bits per heavy atom. The van der Waals surface area contributed by atoms with E-state index in [4.69, 9.17) is 0 Å². The Hall–Kier alpha value is -5.01. The molecule has 0 spiro atoms. The van der Waals surface area contributed by atoms with Crippen LogP contribution in [0.4, 0.5) is 0 Å². The fourth-order valence-corrected chi connectivity index (χ4v) is 8.05. The Kier molecular flexibility index (Phi) is 7.75. The van der Waals surface area contributed by atoms with Gasteiger partial charge in [0.2, 0.25) is 0 Å². The number of nitrogens with one attached hydrogen (secondary N) is 1. The minimum Gasteiger partial charge on any atom is -0.345 e. The lowest BCUT2D eigenvalue weighted by molar-refractivity contribution is 0.659. The number of para-hydroxylation sites is 4. The molecule has 2 aliphatic rings. The summed E-state index contributed by atoms with van der Waals surface area (Å²) in [6, 6.07) is 47.2. The number of H-pyrrole nitrogens is 1. The van der Waals surface area contributed by atoms with Gasteiger partial charge < -0.3 is 4.98 Å². The minimum absolute atomic E-state index is 0.0261. The minimum atomic E-state index is 0.0261. The number of fused-ring (bicyclic) bond motifs is 8. The number of benzene rings is 6. The molecule has 0 amide bonds. The summed E-state index contributed by atoms with van der Waals surface area (Å²) in [5.41, 5.74) is 16.9. The Balaban J connectivity index is 0.000000119. The van der Waals surface area contributed by atoms with E-state index in [1.807, 2.05) is 36.7 Å². The van der Waals surface area contributed by atoms with Crippen molar-refractivity contribution in [1.82, 2.24) is 19.5 Å². The van der Waals surface area contributed by atoms with E-state index in [0.29, 0.717) is 0 Å². The van der Waals surface area contributed by atoms with Gasteiger partial charge in [0.05, 0.1) is 28.4 Å².